The lowest BCUT2D eigenvalue weighted by Gasteiger charge is -2.07. The van der Waals surface area contributed by atoms with Crippen LogP contribution in [0.3, 0.4) is 0 Å². The fourth-order valence-electron chi connectivity index (χ4n) is 1.64. The maximum Gasteiger partial charge on any atom is 0.338 e. The number of carbonyl (C=O) groups excluding carboxylic acids is 2. The largest absolute Gasteiger partial charge is 0.462 e. The molecule has 0 spiro atoms. The van der Waals surface area contributed by atoms with Crippen molar-refractivity contribution in [3.63, 3.8) is 0 Å². The minimum atomic E-state index is -3.99. The van der Waals surface area contributed by atoms with Crippen LogP contribution in [0, 0.1) is 0 Å². The molecule has 0 radical (unpaired) electrons. The first-order valence-electron chi connectivity index (χ1n) is 6.73. The molecule has 1 aromatic heterocycles. The average molecular weight is 370 g/mol. The first-order valence-corrected chi connectivity index (χ1v) is 9.03. The maximum atomic E-state index is 12.3. The van der Waals surface area contributed by atoms with Crippen LogP contribution < -0.4 is 10.0 Å². The van der Waals surface area contributed by atoms with Crippen molar-refractivity contribution in [1.82, 2.24) is 10.2 Å². The highest BCUT2D eigenvalue weighted by Gasteiger charge is 2.21. The number of esters is 1. The molecule has 128 valence electrons. The van der Waals surface area contributed by atoms with E-state index in [1.807, 2.05) is 0 Å². The lowest BCUT2D eigenvalue weighted by Crippen LogP contribution is -2.13. The monoisotopic (exact) mass is 370 g/mol. The van der Waals surface area contributed by atoms with E-state index in [9.17, 15) is 18.0 Å². The quantitative estimate of drug-likeness (QED) is 0.582. The Bertz CT molecular complexity index is 863. The molecule has 0 fully saturated rings. The van der Waals surface area contributed by atoms with Gasteiger partial charge in [-0.15, -0.1) is 10.2 Å². The van der Waals surface area contributed by atoms with Gasteiger partial charge in [0.15, 0.2) is 0 Å². The number of hydrogen-bond acceptors (Lipinski definition) is 8. The van der Waals surface area contributed by atoms with Gasteiger partial charge < -0.3 is 10.1 Å². The van der Waals surface area contributed by atoms with Gasteiger partial charge in [-0.3, -0.25) is 9.52 Å². The molecule has 0 unspecified atom stereocenters. The Morgan fingerprint density at radius 1 is 1.29 bits per heavy atom. The number of nitrogens with one attached hydrogen (secondary N) is 2. The molecule has 0 saturated carbocycles. The van der Waals surface area contributed by atoms with Crippen LogP contribution in [0.5, 0.6) is 0 Å². The Labute approximate surface area is 142 Å². The zero-order chi connectivity index (χ0) is 17.7. The molecule has 1 aromatic carbocycles. The van der Waals surface area contributed by atoms with Gasteiger partial charge in [0.25, 0.3) is 14.4 Å². The van der Waals surface area contributed by atoms with Crippen molar-refractivity contribution < 1.29 is 22.7 Å². The summed E-state index contributed by atoms with van der Waals surface area (Å²) in [7, 11) is -3.99. The molecule has 2 aromatic rings. The van der Waals surface area contributed by atoms with E-state index in [-0.39, 0.29) is 33.2 Å². The minimum Gasteiger partial charge on any atom is -0.462 e. The second-order valence-electron chi connectivity index (χ2n) is 4.46. The molecule has 1 heterocycles. The van der Waals surface area contributed by atoms with Crippen LogP contribution in [-0.4, -0.2) is 37.1 Å². The van der Waals surface area contributed by atoms with E-state index in [1.54, 1.807) is 6.92 Å². The van der Waals surface area contributed by atoms with Crippen molar-refractivity contribution in [1.29, 1.82) is 0 Å². The third-order valence-electron chi connectivity index (χ3n) is 2.55. The molecular formula is C13H14N4O5S2. The van der Waals surface area contributed by atoms with Gasteiger partial charge in [-0.05, 0) is 25.1 Å². The van der Waals surface area contributed by atoms with E-state index < -0.39 is 16.0 Å². The summed E-state index contributed by atoms with van der Waals surface area (Å²) in [5.74, 6) is -0.937. The van der Waals surface area contributed by atoms with Gasteiger partial charge in [0, 0.05) is 12.6 Å². The number of ether oxygens (including phenoxy) is 1. The van der Waals surface area contributed by atoms with Crippen molar-refractivity contribution in [2.24, 2.45) is 0 Å². The second-order valence-corrected chi connectivity index (χ2v) is 7.29. The molecule has 0 aliphatic heterocycles. The molecule has 0 bridgehead atoms. The molecule has 24 heavy (non-hydrogen) atoms. The van der Waals surface area contributed by atoms with Crippen molar-refractivity contribution in [3.05, 3.63) is 29.8 Å². The van der Waals surface area contributed by atoms with Crippen LogP contribution in [0.4, 0.5) is 10.8 Å². The molecule has 2 rings (SSSR count). The van der Waals surface area contributed by atoms with E-state index in [0.717, 1.165) is 0 Å². The number of aromatic nitrogens is 2. The third-order valence-corrected chi connectivity index (χ3v) is 5.13. The Morgan fingerprint density at radius 3 is 2.71 bits per heavy atom. The average Bonchev–Trinajstić information content (AvgIpc) is 2.96. The Kier molecular flexibility index (Phi) is 5.46. The van der Waals surface area contributed by atoms with Crippen LogP contribution in [-0.2, 0) is 19.6 Å². The van der Waals surface area contributed by atoms with Gasteiger partial charge in [-0.2, -0.15) is 8.42 Å². The fraction of sp³-hybridized carbons (Fsp3) is 0.231. The molecule has 2 N–H and O–H groups in total. The number of anilines is 2. The van der Waals surface area contributed by atoms with E-state index in [4.69, 9.17) is 4.74 Å². The molecule has 0 aliphatic rings. The fourth-order valence-corrected chi connectivity index (χ4v) is 3.64. The summed E-state index contributed by atoms with van der Waals surface area (Å²) in [6, 6.07) is 5.86. The number of carbonyl (C=O) groups is 2. The number of rotatable bonds is 6. The first kappa shape index (κ1) is 17.8. The normalized spacial score (nSPS) is 10.9. The van der Waals surface area contributed by atoms with E-state index in [2.05, 4.69) is 20.2 Å². The van der Waals surface area contributed by atoms with Gasteiger partial charge >= 0.3 is 5.97 Å². The number of benzene rings is 1. The van der Waals surface area contributed by atoms with Crippen LogP contribution in [0.2, 0.25) is 0 Å². The van der Waals surface area contributed by atoms with Crippen LogP contribution in [0.1, 0.15) is 24.2 Å². The summed E-state index contributed by atoms with van der Waals surface area (Å²) in [5.41, 5.74) is 0.394. The van der Waals surface area contributed by atoms with Crippen molar-refractivity contribution in [2.75, 3.05) is 16.6 Å². The van der Waals surface area contributed by atoms with Gasteiger partial charge in [-0.25, -0.2) is 4.79 Å². The SMILES string of the molecule is CCOC(=O)c1cccc(NS(=O)(=O)c2nnc(NC(C)=O)s2)c1. The molecular weight excluding hydrogens is 356 g/mol. The zero-order valence-electron chi connectivity index (χ0n) is 12.8. The number of nitrogens with zero attached hydrogens (tertiary/aromatic N) is 2. The van der Waals surface area contributed by atoms with E-state index in [0.29, 0.717) is 11.3 Å². The lowest BCUT2D eigenvalue weighted by molar-refractivity contribution is -0.114. The van der Waals surface area contributed by atoms with Crippen molar-refractivity contribution >= 4 is 44.1 Å². The highest BCUT2D eigenvalue weighted by molar-refractivity contribution is 7.94. The number of hydrogen-bond donors (Lipinski definition) is 2. The topological polar surface area (TPSA) is 127 Å². The van der Waals surface area contributed by atoms with Crippen molar-refractivity contribution in [3.8, 4) is 0 Å². The Balaban J connectivity index is 2.20. The second kappa shape index (κ2) is 7.36. The van der Waals surface area contributed by atoms with Gasteiger partial charge in [0.2, 0.25) is 11.0 Å². The highest BCUT2D eigenvalue weighted by atomic mass is 32.2. The van der Waals surface area contributed by atoms with Crippen LogP contribution in [0.15, 0.2) is 28.6 Å². The molecule has 9 nitrogen and oxygen atoms in total. The number of amides is 1. The van der Waals surface area contributed by atoms with E-state index in [1.165, 1.54) is 31.2 Å². The Hall–Kier alpha value is -2.53. The number of sulfonamides is 1. The summed E-state index contributed by atoms with van der Waals surface area (Å²) >= 11 is 0.710. The van der Waals surface area contributed by atoms with Gasteiger partial charge in [-0.1, -0.05) is 17.4 Å². The maximum absolute atomic E-state index is 12.3. The van der Waals surface area contributed by atoms with E-state index >= 15 is 0 Å². The third kappa shape index (κ3) is 4.49. The van der Waals surface area contributed by atoms with Crippen LogP contribution in [0.25, 0.3) is 0 Å². The molecule has 1 amide bonds. The lowest BCUT2D eigenvalue weighted by atomic mass is 10.2. The minimum absolute atomic E-state index is 0.0724. The molecule has 0 aliphatic carbocycles. The summed E-state index contributed by atoms with van der Waals surface area (Å²) < 4.78 is 31.4. The molecule has 0 saturated heterocycles. The van der Waals surface area contributed by atoms with Gasteiger partial charge in [0.1, 0.15) is 0 Å². The summed E-state index contributed by atoms with van der Waals surface area (Å²) in [6.07, 6.45) is 0. The predicted molar refractivity (Wildman–Crippen MR) is 87.4 cm³/mol. The summed E-state index contributed by atoms with van der Waals surface area (Å²) in [6.45, 7) is 3.16. The van der Waals surface area contributed by atoms with Crippen molar-refractivity contribution in [2.45, 2.75) is 18.2 Å². The smallest absolute Gasteiger partial charge is 0.338 e. The molecule has 0 atom stereocenters. The summed E-state index contributed by atoms with van der Waals surface area (Å²) in [5, 5.41) is 9.54. The summed E-state index contributed by atoms with van der Waals surface area (Å²) in [4.78, 5) is 22.6. The Morgan fingerprint density at radius 2 is 2.04 bits per heavy atom. The highest BCUT2D eigenvalue weighted by Crippen LogP contribution is 2.23. The van der Waals surface area contributed by atoms with Crippen LogP contribution >= 0.6 is 11.3 Å². The zero-order valence-corrected chi connectivity index (χ0v) is 14.4. The standard InChI is InChI=1S/C13H14N4O5S2/c1-3-22-11(19)9-5-4-6-10(7-9)17-24(20,21)13-16-15-12(23-13)14-8(2)18/h4-7,17H,3H2,1-2H3,(H,14,15,18). The molecule has 11 heteroatoms. The predicted octanol–water partition coefficient (Wildman–Crippen LogP) is 1.47. The van der Waals surface area contributed by atoms with Gasteiger partial charge in [0.05, 0.1) is 12.2 Å². The first-order chi connectivity index (χ1) is 11.3.